The summed E-state index contributed by atoms with van der Waals surface area (Å²) in [5.41, 5.74) is 0.813. The first-order valence-corrected chi connectivity index (χ1v) is 8.69. The summed E-state index contributed by atoms with van der Waals surface area (Å²) in [6.07, 6.45) is 0.723. The van der Waals surface area contributed by atoms with E-state index in [0.29, 0.717) is 18.0 Å². The van der Waals surface area contributed by atoms with Crippen LogP contribution < -0.4 is 10.6 Å². The summed E-state index contributed by atoms with van der Waals surface area (Å²) < 4.78 is 1.76. The van der Waals surface area contributed by atoms with E-state index in [1.807, 2.05) is 20.9 Å². The number of aromatic carboxylic acids is 1. The normalized spacial score (nSPS) is 20.8. The summed E-state index contributed by atoms with van der Waals surface area (Å²) in [6, 6.07) is 4.92. The maximum absolute atomic E-state index is 13.1. The first kappa shape index (κ1) is 18.3. The van der Waals surface area contributed by atoms with Crippen molar-refractivity contribution in [1.29, 1.82) is 0 Å². The number of likely N-dealkylation sites (tertiary alicyclic amines) is 1. The molecule has 1 aliphatic rings. The fourth-order valence-corrected chi connectivity index (χ4v) is 3.59. The average molecular weight is 359 g/mol. The monoisotopic (exact) mass is 359 g/mol. The number of aromatic nitrogens is 2. The molecule has 26 heavy (non-hydrogen) atoms. The van der Waals surface area contributed by atoms with Crippen LogP contribution in [0.25, 0.3) is 11.0 Å². The zero-order chi connectivity index (χ0) is 19.1. The molecule has 0 saturated carbocycles. The number of carboxylic acid groups (broad SMARTS) is 1. The van der Waals surface area contributed by atoms with Crippen LogP contribution in [0.1, 0.15) is 30.6 Å². The van der Waals surface area contributed by atoms with Crippen molar-refractivity contribution in [2.75, 3.05) is 25.5 Å². The highest BCUT2D eigenvalue weighted by atomic mass is 16.4. The van der Waals surface area contributed by atoms with Crippen LogP contribution in [0.15, 0.2) is 18.2 Å². The second-order valence-corrected chi connectivity index (χ2v) is 7.33. The van der Waals surface area contributed by atoms with E-state index in [4.69, 9.17) is 5.11 Å². The van der Waals surface area contributed by atoms with Crippen LogP contribution in [0.5, 0.6) is 0 Å². The number of hydrogen-bond donors (Lipinski definition) is 3. The lowest BCUT2D eigenvalue weighted by atomic mass is 9.96. The molecule has 8 heteroatoms. The minimum Gasteiger partial charge on any atom is -0.478 e. The number of carboxylic acids is 1. The summed E-state index contributed by atoms with van der Waals surface area (Å²) in [5, 5.41) is 15.5. The van der Waals surface area contributed by atoms with Crippen molar-refractivity contribution in [2.45, 2.75) is 31.8 Å². The Morgan fingerprint density at radius 3 is 2.62 bits per heavy atom. The fraction of sp³-hybridized carbons (Fsp3) is 0.500. The van der Waals surface area contributed by atoms with Gasteiger partial charge in [-0.05, 0) is 45.5 Å². The Balaban J connectivity index is 1.90. The van der Waals surface area contributed by atoms with Gasteiger partial charge in [0.25, 0.3) is 0 Å². The van der Waals surface area contributed by atoms with Gasteiger partial charge in [0.1, 0.15) is 5.54 Å². The van der Waals surface area contributed by atoms with Gasteiger partial charge in [-0.1, -0.05) is 0 Å². The van der Waals surface area contributed by atoms with Crippen LogP contribution in [0.4, 0.5) is 5.95 Å². The summed E-state index contributed by atoms with van der Waals surface area (Å²) in [6.45, 7) is 5.52. The van der Waals surface area contributed by atoms with Crippen molar-refractivity contribution in [3.05, 3.63) is 23.8 Å². The maximum atomic E-state index is 13.1. The van der Waals surface area contributed by atoms with E-state index in [2.05, 4.69) is 20.5 Å². The first-order chi connectivity index (χ1) is 12.2. The molecule has 1 atom stereocenters. The highest BCUT2D eigenvalue weighted by Crippen LogP contribution is 2.25. The number of carbonyl (C=O) groups is 2. The second-order valence-electron chi connectivity index (χ2n) is 7.33. The lowest BCUT2D eigenvalue weighted by Gasteiger charge is -2.31. The molecule has 8 nitrogen and oxygen atoms in total. The summed E-state index contributed by atoms with van der Waals surface area (Å²) in [4.78, 5) is 30.8. The molecule has 3 rings (SSSR count). The molecule has 3 N–H and O–H groups in total. The van der Waals surface area contributed by atoms with Crippen molar-refractivity contribution in [1.82, 2.24) is 19.8 Å². The number of fused-ring (bicyclic) bond motifs is 1. The first-order valence-electron chi connectivity index (χ1n) is 8.69. The Morgan fingerprint density at radius 2 is 2.04 bits per heavy atom. The number of aryl methyl sites for hydroxylation is 1. The predicted molar refractivity (Wildman–Crippen MR) is 99.4 cm³/mol. The quantitative estimate of drug-likeness (QED) is 0.744. The van der Waals surface area contributed by atoms with Gasteiger partial charge in [0.15, 0.2) is 0 Å². The third kappa shape index (κ3) is 3.30. The number of anilines is 1. The van der Waals surface area contributed by atoms with Crippen LogP contribution in [-0.2, 0) is 11.8 Å². The van der Waals surface area contributed by atoms with Gasteiger partial charge in [-0.25, -0.2) is 9.78 Å². The fourth-order valence-electron chi connectivity index (χ4n) is 3.59. The number of carbonyl (C=O) groups excluding carboxylic acids is 1. The smallest absolute Gasteiger partial charge is 0.335 e. The van der Waals surface area contributed by atoms with Gasteiger partial charge < -0.3 is 14.6 Å². The molecule has 0 spiro atoms. The van der Waals surface area contributed by atoms with Crippen LogP contribution in [0, 0.1) is 0 Å². The molecule has 2 aromatic rings. The maximum Gasteiger partial charge on any atom is 0.335 e. The minimum atomic E-state index is -1.00. The van der Waals surface area contributed by atoms with E-state index in [1.165, 1.54) is 12.1 Å². The standard InChI is InChI=1S/C18H25N5O3/c1-11(2)21-18(7-8-22(3)10-18)16(26)20-17-19-13-9-12(15(24)25)5-6-14(13)23(17)4/h5-6,9,11,21H,7-8,10H2,1-4H3,(H,24,25)(H,19,20,26)/t18-/m0/s1. The zero-order valence-electron chi connectivity index (χ0n) is 15.5. The van der Waals surface area contributed by atoms with Crippen LogP contribution >= 0.6 is 0 Å². The molecule has 140 valence electrons. The number of rotatable bonds is 5. The largest absolute Gasteiger partial charge is 0.478 e. The molecule has 0 radical (unpaired) electrons. The third-order valence-electron chi connectivity index (χ3n) is 4.81. The molecule has 0 aliphatic carbocycles. The van der Waals surface area contributed by atoms with Crippen LogP contribution in [0.2, 0.25) is 0 Å². The molecular formula is C18H25N5O3. The Labute approximate surface area is 152 Å². The van der Waals surface area contributed by atoms with E-state index < -0.39 is 11.5 Å². The summed E-state index contributed by atoms with van der Waals surface area (Å²) >= 11 is 0. The predicted octanol–water partition coefficient (Wildman–Crippen LogP) is 1.28. The highest BCUT2D eigenvalue weighted by molar-refractivity contribution is 5.99. The van der Waals surface area contributed by atoms with E-state index in [0.717, 1.165) is 18.5 Å². The molecule has 1 aliphatic heterocycles. The number of hydrogen-bond acceptors (Lipinski definition) is 5. The van der Waals surface area contributed by atoms with Crippen molar-refractivity contribution in [2.24, 2.45) is 7.05 Å². The Kier molecular flexibility index (Phi) is 4.72. The third-order valence-corrected chi connectivity index (χ3v) is 4.81. The molecule has 1 aromatic heterocycles. The number of benzene rings is 1. The molecule has 0 unspecified atom stereocenters. The number of likely N-dealkylation sites (N-methyl/N-ethyl adjacent to an activating group) is 1. The van der Waals surface area contributed by atoms with Crippen LogP contribution in [0.3, 0.4) is 0 Å². The van der Waals surface area contributed by atoms with E-state index in [9.17, 15) is 9.59 Å². The second kappa shape index (κ2) is 6.69. The van der Waals surface area contributed by atoms with Crippen molar-refractivity contribution >= 4 is 28.9 Å². The molecule has 1 fully saturated rings. The van der Waals surface area contributed by atoms with Gasteiger partial charge in [0.05, 0.1) is 16.6 Å². The summed E-state index contributed by atoms with van der Waals surface area (Å²) in [5.74, 6) is -0.711. The van der Waals surface area contributed by atoms with Crippen molar-refractivity contribution < 1.29 is 14.7 Å². The topological polar surface area (TPSA) is 99.5 Å². The molecule has 2 heterocycles. The highest BCUT2D eigenvalue weighted by Gasteiger charge is 2.44. The van der Waals surface area contributed by atoms with Crippen LogP contribution in [-0.4, -0.2) is 63.2 Å². The minimum absolute atomic E-state index is 0.118. The van der Waals surface area contributed by atoms with Gasteiger partial charge in [-0.3, -0.25) is 15.4 Å². The summed E-state index contributed by atoms with van der Waals surface area (Å²) in [7, 11) is 3.80. The Morgan fingerprint density at radius 1 is 1.31 bits per heavy atom. The molecule has 1 amide bonds. The van der Waals surface area contributed by atoms with Crippen molar-refractivity contribution in [3.8, 4) is 0 Å². The van der Waals surface area contributed by atoms with E-state index >= 15 is 0 Å². The van der Waals surface area contributed by atoms with Crippen molar-refractivity contribution in [3.63, 3.8) is 0 Å². The van der Waals surface area contributed by atoms with Gasteiger partial charge in [0.2, 0.25) is 11.9 Å². The number of amides is 1. The number of imidazole rings is 1. The van der Waals surface area contributed by atoms with Gasteiger partial charge in [-0.15, -0.1) is 0 Å². The Bertz CT molecular complexity index is 860. The number of nitrogens with one attached hydrogen (secondary N) is 2. The van der Waals surface area contributed by atoms with Gasteiger partial charge in [0, 0.05) is 26.2 Å². The Hall–Kier alpha value is -2.45. The zero-order valence-corrected chi connectivity index (χ0v) is 15.5. The van der Waals surface area contributed by atoms with E-state index in [-0.39, 0.29) is 17.5 Å². The molecular weight excluding hydrogens is 334 g/mol. The molecule has 1 saturated heterocycles. The average Bonchev–Trinajstić information content (AvgIpc) is 3.08. The lowest BCUT2D eigenvalue weighted by molar-refractivity contribution is -0.122. The lowest BCUT2D eigenvalue weighted by Crippen LogP contribution is -2.58. The molecule has 1 aromatic carbocycles. The van der Waals surface area contributed by atoms with E-state index in [1.54, 1.807) is 17.7 Å². The SMILES string of the molecule is CC(C)N[C@@]1(C(=O)Nc2nc3cc(C(=O)O)ccc3n2C)CCN(C)C1. The van der Waals surface area contributed by atoms with Gasteiger partial charge >= 0.3 is 5.97 Å². The number of nitrogens with zero attached hydrogens (tertiary/aromatic N) is 3. The van der Waals surface area contributed by atoms with Gasteiger partial charge in [-0.2, -0.15) is 0 Å². The molecule has 0 bridgehead atoms.